The maximum absolute atomic E-state index is 11.5. The highest BCUT2D eigenvalue weighted by Gasteiger charge is 2.11. The third kappa shape index (κ3) is 5.70. The van der Waals surface area contributed by atoms with Gasteiger partial charge in [0.15, 0.2) is 5.96 Å². The van der Waals surface area contributed by atoms with Crippen molar-refractivity contribution in [2.45, 2.75) is 39.2 Å². The van der Waals surface area contributed by atoms with E-state index in [1.807, 2.05) is 13.8 Å². The van der Waals surface area contributed by atoms with Crippen LogP contribution >= 0.6 is 0 Å². The third-order valence-electron chi connectivity index (χ3n) is 2.65. The Kier molecular flexibility index (Phi) is 6.91. The van der Waals surface area contributed by atoms with Crippen LogP contribution in [0.5, 0.6) is 0 Å². The fourth-order valence-electron chi connectivity index (χ4n) is 1.72. The van der Waals surface area contributed by atoms with Crippen LogP contribution in [-0.2, 0) is 4.79 Å². The number of amides is 1. The molecule has 1 rings (SSSR count). The molecule has 0 aliphatic heterocycles. The molecule has 1 aliphatic rings. The van der Waals surface area contributed by atoms with Crippen LogP contribution in [0.25, 0.3) is 0 Å². The molecule has 0 atom stereocenters. The fraction of sp³-hybridized carbons (Fsp3) is 0.692. The first-order valence-electron chi connectivity index (χ1n) is 6.72. The van der Waals surface area contributed by atoms with Crippen LogP contribution in [0.3, 0.4) is 0 Å². The second-order valence-electron chi connectivity index (χ2n) is 4.33. The molecule has 18 heavy (non-hydrogen) atoms. The van der Waals surface area contributed by atoms with Crippen molar-refractivity contribution in [3.8, 4) is 0 Å². The molecule has 5 nitrogen and oxygen atoms in total. The standard InChI is InChI=1S/C13H24N4O/c1-3-9-15-12(18)10-16-13(14-4-2)17-11-7-5-6-8-11/h5-6,11H,3-4,7-10H2,1-2H3,(H,15,18)(H2,14,16,17). The lowest BCUT2D eigenvalue weighted by Crippen LogP contribution is -2.43. The predicted octanol–water partition coefficient (Wildman–Crippen LogP) is 0.786. The van der Waals surface area contributed by atoms with Gasteiger partial charge in [-0.3, -0.25) is 4.79 Å². The van der Waals surface area contributed by atoms with Crippen molar-refractivity contribution in [3.05, 3.63) is 12.2 Å². The van der Waals surface area contributed by atoms with Crippen molar-refractivity contribution in [2.24, 2.45) is 4.99 Å². The summed E-state index contributed by atoms with van der Waals surface area (Å²) in [5.74, 6) is 0.691. The predicted molar refractivity (Wildman–Crippen MR) is 74.6 cm³/mol. The Morgan fingerprint density at radius 1 is 1.28 bits per heavy atom. The number of aliphatic imine (C=N–C) groups is 1. The zero-order valence-corrected chi connectivity index (χ0v) is 11.3. The number of hydrogen-bond acceptors (Lipinski definition) is 2. The van der Waals surface area contributed by atoms with Gasteiger partial charge in [-0.15, -0.1) is 0 Å². The highest BCUT2D eigenvalue weighted by molar-refractivity contribution is 5.85. The summed E-state index contributed by atoms with van der Waals surface area (Å²) in [6.07, 6.45) is 7.31. The van der Waals surface area contributed by atoms with Crippen molar-refractivity contribution < 1.29 is 4.79 Å². The van der Waals surface area contributed by atoms with Crippen LogP contribution in [0, 0.1) is 0 Å². The maximum Gasteiger partial charge on any atom is 0.241 e. The average Bonchev–Trinajstić information content (AvgIpc) is 2.86. The molecular formula is C13H24N4O. The third-order valence-corrected chi connectivity index (χ3v) is 2.65. The number of nitrogens with one attached hydrogen (secondary N) is 3. The summed E-state index contributed by atoms with van der Waals surface area (Å²) in [5.41, 5.74) is 0. The highest BCUT2D eigenvalue weighted by Crippen LogP contribution is 2.08. The monoisotopic (exact) mass is 252 g/mol. The molecule has 5 heteroatoms. The minimum Gasteiger partial charge on any atom is -0.357 e. The summed E-state index contributed by atoms with van der Waals surface area (Å²) in [7, 11) is 0. The minimum atomic E-state index is -0.0291. The topological polar surface area (TPSA) is 65.5 Å². The van der Waals surface area contributed by atoms with E-state index in [9.17, 15) is 4.79 Å². The summed E-state index contributed by atoms with van der Waals surface area (Å²) >= 11 is 0. The lowest BCUT2D eigenvalue weighted by Gasteiger charge is -2.16. The summed E-state index contributed by atoms with van der Waals surface area (Å²) in [5, 5.41) is 9.29. The van der Waals surface area contributed by atoms with Crippen molar-refractivity contribution in [3.63, 3.8) is 0 Å². The van der Waals surface area contributed by atoms with Gasteiger partial charge in [-0.05, 0) is 26.2 Å². The molecule has 102 valence electrons. The quantitative estimate of drug-likeness (QED) is 0.372. The first-order valence-corrected chi connectivity index (χ1v) is 6.72. The van der Waals surface area contributed by atoms with E-state index in [1.165, 1.54) is 0 Å². The SMILES string of the molecule is CCCNC(=O)CN=C(NCC)NC1CC=CC1. The van der Waals surface area contributed by atoms with Crippen LogP contribution in [0.1, 0.15) is 33.1 Å². The normalized spacial score (nSPS) is 15.8. The Hall–Kier alpha value is -1.52. The van der Waals surface area contributed by atoms with E-state index >= 15 is 0 Å². The van der Waals surface area contributed by atoms with Gasteiger partial charge in [-0.2, -0.15) is 0 Å². The van der Waals surface area contributed by atoms with E-state index in [2.05, 4.69) is 33.1 Å². The lowest BCUT2D eigenvalue weighted by atomic mass is 10.2. The van der Waals surface area contributed by atoms with E-state index in [0.717, 1.165) is 31.8 Å². The Morgan fingerprint density at radius 2 is 2.00 bits per heavy atom. The Balaban J connectivity index is 2.36. The molecule has 1 amide bonds. The highest BCUT2D eigenvalue weighted by atomic mass is 16.1. The van der Waals surface area contributed by atoms with Gasteiger partial charge >= 0.3 is 0 Å². The zero-order chi connectivity index (χ0) is 13.2. The number of hydrogen-bond donors (Lipinski definition) is 3. The number of carbonyl (C=O) groups excluding carboxylic acids is 1. The van der Waals surface area contributed by atoms with E-state index in [-0.39, 0.29) is 12.5 Å². The maximum atomic E-state index is 11.5. The average molecular weight is 252 g/mol. The molecule has 0 spiro atoms. The molecular weight excluding hydrogens is 228 g/mol. The van der Waals surface area contributed by atoms with Gasteiger partial charge < -0.3 is 16.0 Å². The van der Waals surface area contributed by atoms with Gasteiger partial charge in [0, 0.05) is 19.1 Å². The van der Waals surface area contributed by atoms with Crippen molar-refractivity contribution in [2.75, 3.05) is 19.6 Å². The molecule has 0 fully saturated rings. The van der Waals surface area contributed by atoms with Gasteiger partial charge in [0.2, 0.25) is 5.91 Å². The van der Waals surface area contributed by atoms with Crippen LogP contribution in [0.4, 0.5) is 0 Å². The summed E-state index contributed by atoms with van der Waals surface area (Å²) in [6.45, 7) is 5.73. The first-order chi connectivity index (χ1) is 8.76. The molecule has 0 heterocycles. The minimum absolute atomic E-state index is 0.0291. The molecule has 0 radical (unpaired) electrons. The molecule has 0 saturated heterocycles. The Labute approximate surface area is 109 Å². The van der Waals surface area contributed by atoms with Gasteiger partial charge in [0.1, 0.15) is 6.54 Å². The van der Waals surface area contributed by atoms with Crippen molar-refractivity contribution in [1.29, 1.82) is 0 Å². The van der Waals surface area contributed by atoms with E-state index < -0.39 is 0 Å². The van der Waals surface area contributed by atoms with Gasteiger partial charge in [-0.1, -0.05) is 19.1 Å². The fourth-order valence-corrected chi connectivity index (χ4v) is 1.72. The molecule has 0 aromatic heterocycles. The molecule has 1 aliphatic carbocycles. The Bertz CT molecular complexity index is 304. The summed E-state index contributed by atoms with van der Waals surface area (Å²) in [4.78, 5) is 15.7. The van der Waals surface area contributed by atoms with Crippen molar-refractivity contribution in [1.82, 2.24) is 16.0 Å². The van der Waals surface area contributed by atoms with E-state index in [0.29, 0.717) is 12.6 Å². The van der Waals surface area contributed by atoms with Crippen LogP contribution in [-0.4, -0.2) is 37.5 Å². The number of nitrogens with zero attached hydrogens (tertiary/aromatic N) is 1. The largest absolute Gasteiger partial charge is 0.357 e. The second-order valence-corrected chi connectivity index (χ2v) is 4.33. The molecule has 0 aromatic carbocycles. The van der Waals surface area contributed by atoms with Crippen LogP contribution in [0.2, 0.25) is 0 Å². The van der Waals surface area contributed by atoms with Gasteiger partial charge in [0.05, 0.1) is 0 Å². The zero-order valence-electron chi connectivity index (χ0n) is 11.3. The van der Waals surface area contributed by atoms with Crippen LogP contribution < -0.4 is 16.0 Å². The molecule has 0 unspecified atom stereocenters. The van der Waals surface area contributed by atoms with Crippen LogP contribution in [0.15, 0.2) is 17.1 Å². The number of carbonyl (C=O) groups is 1. The summed E-state index contributed by atoms with van der Waals surface area (Å²) < 4.78 is 0. The first kappa shape index (κ1) is 14.5. The van der Waals surface area contributed by atoms with Gasteiger partial charge in [-0.25, -0.2) is 4.99 Å². The van der Waals surface area contributed by atoms with Crippen molar-refractivity contribution >= 4 is 11.9 Å². The number of rotatable bonds is 6. The molecule has 0 aromatic rings. The van der Waals surface area contributed by atoms with Gasteiger partial charge in [0.25, 0.3) is 0 Å². The lowest BCUT2D eigenvalue weighted by molar-refractivity contribution is -0.119. The molecule has 0 saturated carbocycles. The molecule has 0 bridgehead atoms. The van der Waals surface area contributed by atoms with E-state index in [4.69, 9.17) is 0 Å². The Morgan fingerprint density at radius 3 is 2.61 bits per heavy atom. The molecule has 3 N–H and O–H groups in total. The second kappa shape index (κ2) is 8.55. The summed E-state index contributed by atoms with van der Waals surface area (Å²) in [6, 6.07) is 0.404. The number of guanidine groups is 1. The van der Waals surface area contributed by atoms with E-state index in [1.54, 1.807) is 0 Å². The smallest absolute Gasteiger partial charge is 0.241 e.